The summed E-state index contributed by atoms with van der Waals surface area (Å²) in [5, 5.41) is 7.88. The molecular formula is C15H19N3O3. The molecule has 0 aliphatic heterocycles. The van der Waals surface area contributed by atoms with Gasteiger partial charge in [0.15, 0.2) is 5.69 Å². The second-order valence-corrected chi connectivity index (χ2v) is 4.65. The molecule has 0 N–H and O–H groups in total. The highest BCUT2D eigenvalue weighted by atomic mass is 16.5. The summed E-state index contributed by atoms with van der Waals surface area (Å²) in [4.78, 5) is 12.0. The Hall–Kier alpha value is -2.21. The van der Waals surface area contributed by atoms with Crippen LogP contribution in [0, 0.1) is 6.92 Å². The molecule has 0 saturated carbocycles. The van der Waals surface area contributed by atoms with E-state index in [1.807, 2.05) is 37.3 Å². The van der Waals surface area contributed by atoms with Crippen LogP contribution in [0.3, 0.4) is 0 Å². The number of rotatable bonds is 7. The van der Waals surface area contributed by atoms with Crippen LogP contribution in [0.4, 0.5) is 0 Å². The van der Waals surface area contributed by atoms with Crippen LogP contribution in [-0.4, -0.2) is 34.7 Å². The van der Waals surface area contributed by atoms with Crippen LogP contribution >= 0.6 is 0 Å². The Morgan fingerprint density at radius 1 is 1.29 bits per heavy atom. The van der Waals surface area contributed by atoms with Gasteiger partial charge in [0, 0.05) is 20.3 Å². The molecule has 0 unspecified atom stereocenters. The van der Waals surface area contributed by atoms with Crippen molar-refractivity contribution in [3.63, 3.8) is 0 Å². The van der Waals surface area contributed by atoms with Crippen molar-refractivity contribution in [2.24, 2.45) is 0 Å². The van der Waals surface area contributed by atoms with Crippen LogP contribution in [-0.2, 0) is 22.6 Å². The third-order valence-corrected chi connectivity index (χ3v) is 3.11. The van der Waals surface area contributed by atoms with Gasteiger partial charge in [-0.3, -0.25) is 0 Å². The van der Waals surface area contributed by atoms with E-state index in [4.69, 9.17) is 9.47 Å². The Balaban J connectivity index is 1.93. The van der Waals surface area contributed by atoms with Gasteiger partial charge < -0.3 is 9.47 Å². The minimum Gasteiger partial charge on any atom is -0.456 e. The highest BCUT2D eigenvalue weighted by molar-refractivity contribution is 5.88. The Bertz CT molecular complexity index is 581. The van der Waals surface area contributed by atoms with Crippen molar-refractivity contribution in [3.05, 3.63) is 47.3 Å². The number of hydrogen-bond donors (Lipinski definition) is 0. The molecule has 21 heavy (non-hydrogen) atoms. The predicted molar refractivity (Wildman–Crippen MR) is 76.8 cm³/mol. The average Bonchev–Trinajstić information content (AvgIpc) is 2.87. The molecule has 112 valence electrons. The number of nitrogens with zero attached hydrogens (tertiary/aromatic N) is 3. The highest BCUT2D eigenvalue weighted by Gasteiger charge is 2.17. The van der Waals surface area contributed by atoms with E-state index in [1.54, 1.807) is 11.8 Å². The van der Waals surface area contributed by atoms with E-state index >= 15 is 0 Å². The van der Waals surface area contributed by atoms with E-state index in [2.05, 4.69) is 10.3 Å². The van der Waals surface area contributed by atoms with E-state index < -0.39 is 5.97 Å². The summed E-state index contributed by atoms with van der Waals surface area (Å²) in [7, 11) is 1.65. The van der Waals surface area contributed by atoms with Gasteiger partial charge in [0.1, 0.15) is 6.61 Å². The van der Waals surface area contributed by atoms with Gasteiger partial charge in [-0.25, -0.2) is 9.48 Å². The molecule has 6 nitrogen and oxygen atoms in total. The third kappa shape index (κ3) is 4.13. The fourth-order valence-electron chi connectivity index (χ4n) is 1.91. The third-order valence-electron chi connectivity index (χ3n) is 3.11. The summed E-state index contributed by atoms with van der Waals surface area (Å²) >= 11 is 0. The first kappa shape index (κ1) is 15.2. The van der Waals surface area contributed by atoms with Gasteiger partial charge in [0.25, 0.3) is 0 Å². The highest BCUT2D eigenvalue weighted by Crippen LogP contribution is 2.08. The van der Waals surface area contributed by atoms with Crippen molar-refractivity contribution < 1.29 is 14.3 Å². The van der Waals surface area contributed by atoms with Gasteiger partial charge in [-0.1, -0.05) is 35.5 Å². The van der Waals surface area contributed by atoms with Gasteiger partial charge in [-0.05, 0) is 18.9 Å². The molecule has 6 heteroatoms. The first-order valence-corrected chi connectivity index (χ1v) is 6.82. The number of hydrogen-bond acceptors (Lipinski definition) is 5. The van der Waals surface area contributed by atoms with Gasteiger partial charge in [0.2, 0.25) is 0 Å². The van der Waals surface area contributed by atoms with Crippen molar-refractivity contribution >= 4 is 5.97 Å². The lowest BCUT2D eigenvalue weighted by atomic mass is 10.2. The molecule has 0 saturated heterocycles. The molecule has 0 spiro atoms. The van der Waals surface area contributed by atoms with E-state index in [-0.39, 0.29) is 12.3 Å². The van der Waals surface area contributed by atoms with Crippen LogP contribution in [0.15, 0.2) is 30.3 Å². The van der Waals surface area contributed by atoms with Crippen molar-refractivity contribution in [1.29, 1.82) is 0 Å². The summed E-state index contributed by atoms with van der Waals surface area (Å²) in [6.45, 7) is 3.35. The van der Waals surface area contributed by atoms with Crippen molar-refractivity contribution in [3.8, 4) is 0 Å². The second-order valence-electron chi connectivity index (χ2n) is 4.65. The number of carbonyl (C=O) groups excluding carboxylic acids is 1. The summed E-state index contributed by atoms with van der Waals surface area (Å²) in [6, 6.07) is 9.53. The second kappa shape index (κ2) is 7.54. The Morgan fingerprint density at radius 2 is 2.05 bits per heavy atom. The lowest BCUT2D eigenvalue weighted by molar-refractivity contribution is 0.0464. The van der Waals surface area contributed by atoms with Crippen molar-refractivity contribution in [2.45, 2.75) is 26.5 Å². The minimum absolute atomic E-state index is 0.232. The maximum absolute atomic E-state index is 12.0. The molecule has 2 aromatic rings. The summed E-state index contributed by atoms with van der Waals surface area (Å²) in [6.07, 6.45) is 0.819. The molecule has 1 aromatic heterocycles. The number of methoxy groups -OCH3 is 1. The Morgan fingerprint density at radius 3 is 2.76 bits per heavy atom. The first-order valence-electron chi connectivity index (χ1n) is 6.82. The van der Waals surface area contributed by atoms with Gasteiger partial charge in [0.05, 0.1) is 5.69 Å². The van der Waals surface area contributed by atoms with E-state index in [1.165, 1.54) is 0 Å². The molecule has 2 rings (SSSR count). The van der Waals surface area contributed by atoms with Crippen molar-refractivity contribution in [2.75, 3.05) is 13.7 Å². The number of carbonyl (C=O) groups is 1. The lowest BCUT2D eigenvalue weighted by Crippen LogP contribution is -2.09. The van der Waals surface area contributed by atoms with Crippen LogP contribution < -0.4 is 0 Å². The zero-order valence-corrected chi connectivity index (χ0v) is 12.3. The number of esters is 1. The van der Waals surface area contributed by atoms with Crippen LogP contribution in [0.2, 0.25) is 0 Å². The zero-order valence-electron chi connectivity index (χ0n) is 12.3. The largest absolute Gasteiger partial charge is 0.456 e. The molecule has 1 aromatic carbocycles. The quantitative estimate of drug-likeness (QED) is 0.576. The molecule has 0 atom stereocenters. The van der Waals surface area contributed by atoms with E-state index in [0.717, 1.165) is 12.0 Å². The smallest absolute Gasteiger partial charge is 0.361 e. The van der Waals surface area contributed by atoms with Gasteiger partial charge >= 0.3 is 5.97 Å². The predicted octanol–water partition coefficient (Wildman–Crippen LogP) is 1.98. The molecule has 0 fully saturated rings. The monoisotopic (exact) mass is 289 g/mol. The topological polar surface area (TPSA) is 66.2 Å². The molecule has 0 amide bonds. The molecule has 0 radical (unpaired) electrons. The van der Waals surface area contributed by atoms with Crippen molar-refractivity contribution in [1.82, 2.24) is 15.0 Å². The number of ether oxygens (including phenoxy) is 2. The molecule has 0 aliphatic rings. The SMILES string of the molecule is COCCCn1nnc(C(=O)OCc2ccccc2)c1C. The number of aryl methyl sites for hydroxylation is 1. The molecule has 1 heterocycles. The maximum Gasteiger partial charge on any atom is 0.361 e. The van der Waals surface area contributed by atoms with Crippen LogP contribution in [0.25, 0.3) is 0 Å². The average molecular weight is 289 g/mol. The number of aromatic nitrogens is 3. The normalized spacial score (nSPS) is 10.6. The van der Waals surface area contributed by atoms with Crippen LogP contribution in [0.5, 0.6) is 0 Å². The number of benzene rings is 1. The maximum atomic E-state index is 12.0. The summed E-state index contributed by atoms with van der Waals surface area (Å²) < 4.78 is 11.9. The zero-order chi connectivity index (χ0) is 15.1. The van der Waals surface area contributed by atoms with Gasteiger partial charge in [-0.15, -0.1) is 5.10 Å². The fourth-order valence-corrected chi connectivity index (χ4v) is 1.91. The molecular weight excluding hydrogens is 270 g/mol. The standard InChI is InChI=1S/C15H19N3O3/c1-12-14(16-17-18(12)9-6-10-20-2)15(19)21-11-13-7-4-3-5-8-13/h3-5,7-8H,6,9-11H2,1-2H3. The first-order chi connectivity index (χ1) is 10.2. The van der Waals surface area contributed by atoms with E-state index in [0.29, 0.717) is 18.8 Å². The fraction of sp³-hybridized carbons (Fsp3) is 0.400. The van der Waals surface area contributed by atoms with Crippen LogP contribution in [0.1, 0.15) is 28.2 Å². The van der Waals surface area contributed by atoms with E-state index in [9.17, 15) is 4.79 Å². The summed E-state index contributed by atoms with van der Waals surface area (Å²) in [5.41, 5.74) is 1.92. The van der Waals surface area contributed by atoms with Gasteiger partial charge in [-0.2, -0.15) is 0 Å². The molecule has 0 aliphatic carbocycles. The minimum atomic E-state index is -0.450. The Kier molecular flexibility index (Phi) is 5.45. The molecule has 0 bridgehead atoms. The lowest BCUT2D eigenvalue weighted by Gasteiger charge is -2.04. The summed E-state index contributed by atoms with van der Waals surface area (Å²) in [5.74, 6) is -0.450. The Labute approximate surface area is 123 Å².